The molecular formula is C23H26N2O4S. The molecule has 0 spiro atoms. The van der Waals surface area contributed by atoms with Crippen LogP contribution in [0.5, 0.6) is 5.75 Å². The number of thiophene rings is 1. The van der Waals surface area contributed by atoms with Crippen molar-refractivity contribution >= 4 is 22.2 Å². The predicted octanol–water partition coefficient (Wildman–Crippen LogP) is 4.64. The minimum absolute atomic E-state index is 0.0108. The molecule has 158 valence electrons. The van der Waals surface area contributed by atoms with Crippen molar-refractivity contribution in [3.8, 4) is 5.75 Å². The Hall–Kier alpha value is -2.61. The summed E-state index contributed by atoms with van der Waals surface area (Å²) in [5.74, 6) is 0.888. The van der Waals surface area contributed by atoms with Gasteiger partial charge in [0, 0.05) is 23.5 Å². The molecule has 1 aromatic carbocycles. The third-order valence-corrected chi connectivity index (χ3v) is 6.66. The first-order valence-corrected chi connectivity index (χ1v) is 10.8. The average Bonchev–Trinajstić information content (AvgIpc) is 3.40. The lowest BCUT2D eigenvalue weighted by Crippen LogP contribution is -2.39. The quantitative estimate of drug-likeness (QED) is 0.622. The molecule has 7 heteroatoms. The van der Waals surface area contributed by atoms with Crippen LogP contribution in [0.1, 0.15) is 38.2 Å². The van der Waals surface area contributed by atoms with Crippen molar-refractivity contribution in [2.75, 3.05) is 38.7 Å². The lowest BCUT2D eigenvalue weighted by Gasteiger charge is -2.35. The summed E-state index contributed by atoms with van der Waals surface area (Å²) in [6.07, 6.45) is 1.51. The number of anilines is 1. The number of benzene rings is 1. The third-order valence-electron chi connectivity index (χ3n) is 5.52. The number of hydrogen-bond acceptors (Lipinski definition) is 6. The van der Waals surface area contributed by atoms with E-state index in [1.165, 1.54) is 16.7 Å². The van der Waals surface area contributed by atoms with Gasteiger partial charge in [0.05, 0.1) is 32.6 Å². The highest BCUT2D eigenvalue weighted by molar-refractivity contribution is 7.16. The van der Waals surface area contributed by atoms with E-state index in [1.807, 2.05) is 12.1 Å². The Morgan fingerprint density at radius 3 is 2.53 bits per heavy atom. The van der Waals surface area contributed by atoms with Crippen LogP contribution < -0.4 is 10.1 Å². The van der Waals surface area contributed by atoms with Crippen molar-refractivity contribution in [3.05, 3.63) is 70.0 Å². The number of carbonyl (C=O) groups excluding carboxylic acids is 1. The first-order valence-electron chi connectivity index (χ1n) is 9.99. The zero-order valence-corrected chi connectivity index (χ0v) is 18.3. The number of morpholine rings is 1. The summed E-state index contributed by atoms with van der Waals surface area (Å²) < 4.78 is 16.2. The summed E-state index contributed by atoms with van der Waals surface area (Å²) in [7, 11) is 1.67. The Morgan fingerprint density at radius 2 is 1.90 bits per heavy atom. The molecule has 3 heterocycles. The van der Waals surface area contributed by atoms with Gasteiger partial charge in [0.1, 0.15) is 10.8 Å². The molecule has 2 aromatic heterocycles. The number of methoxy groups -OCH3 is 1. The number of rotatable bonds is 6. The average molecular weight is 427 g/mol. The topological polar surface area (TPSA) is 63.9 Å². The lowest BCUT2D eigenvalue weighted by atomic mass is 9.94. The molecule has 0 aliphatic carbocycles. The molecule has 1 fully saturated rings. The van der Waals surface area contributed by atoms with Crippen LogP contribution in [0.2, 0.25) is 0 Å². The summed E-state index contributed by atoms with van der Waals surface area (Å²) in [5.41, 5.74) is 3.48. The molecule has 1 saturated heterocycles. The molecule has 4 rings (SSSR count). The minimum atomic E-state index is -0.238. The fraction of sp³-hybridized carbons (Fsp3) is 0.348. The molecule has 6 nitrogen and oxygen atoms in total. The molecule has 0 unspecified atom stereocenters. The second-order valence-electron chi connectivity index (χ2n) is 7.28. The molecule has 1 N–H and O–H groups in total. The summed E-state index contributed by atoms with van der Waals surface area (Å²) in [6.45, 7) is 7.27. The van der Waals surface area contributed by atoms with Gasteiger partial charge in [0.25, 0.3) is 5.91 Å². The molecule has 1 amide bonds. The van der Waals surface area contributed by atoms with Crippen LogP contribution in [-0.4, -0.2) is 44.2 Å². The first-order chi connectivity index (χ1) is 14.6. The van der Waals surface area contributed by atoms with Gasteiger partial charge >= 0.3 is 0 Å². The van der Waals surface area contributed by atoms with Gasteiger partial charge < -0.3 is 19.2 Å². The van der Waals surface area contributed by atoms with E-state index >= 15 is 0 Å². The van der Waals surface area contributed by atoms with Crippen LogP contribution in [-0.2, 0) is 4.74 Å². The van der Waals surface area contributed by atoms with E-state index in [4.69, 9.17) is 13.9 Å². The van der Waals surface area contributed by atoms with Crippen molar-refractivity contribution < 1.29 is 18.7 Å². The van der Waals surface area contributed by atoms with E-state index < -0.39 is 0 Å². The van der Waals surface area contributed by atoms with Crippen LogP contribution in [0.15, 0.2) is 47.1 Å². The second kappa shape index (κ2) is 9.04. The van der Waals surface area contributed by atoms with Gasteiger partial charge in [-0.05, 0) is 49.2 Å². The number of amides is 1. The zero-order valence-electron chi connectivity index (χ0n) is 17.4. The predicted molar refractivity (Wildman–Crippen MR) is 118 cm³/mol. The Balaban J connectivity index is 1.76. The van der Waals surface area contributed by atoms with E-state index in [9.17, 15) is 4.79 Å². The van der Waals surface area contributed by atoms with E-state index in [-0.39, 0.29) is 11.9 Å². The monoisotopic (exact) mass is 426 g/mol. The van der Waals surface area contributed by atoms with Crippen LogP contribution in [0.4, 0.5) is 5.00 Å². The van der Waals surface area contributed by atoms with Gasteiger partial charge in [0.15, 0.2) is 5.76 Å². The van der Waals surface area contributed by atoms with Crippen molar-refractivity contribution in [3.63, 3.8) is 0 Å². The number of furan rings is 1. The van der Waals surface area contributed by atoms with E-state index in [2.05, 4.69) is 36.2 Å². The molecule has 1 atom stereocenters. The summed E-state index contributed by atoms with van der Waals surface area (Å²) in [4.78, 5) is 16.3. The highest BCUT2D eigenvalue weighted by Gasteiger charge is 2.30. The zero-order chi connectivity index (χ0) is 21.1. The van der Waals surface area contributed by atoms with Crippen LogP contribution >= 0.6 is 11.3 Å². The van der Waals surface area contributed by atoms with Gasteiger partial charge in [-0.1, -0.05) is 12.1 Å². The number of nitrogens with zero attached hydrogens (tertiary/aromatic N) is 1. The smallest absolute Gasteiger partial charge is 0.291 e. The maximum atomic E-state index is 12.7. The van der Waals surface area contributed by atoms with E-state index in [0.29, 0.717) is 19.0 Å². The van der Waals surface area contributed by atoms with E-state index in [0.717, 1.165) is 35.0 Å². The van der Waals surface area contributed by atoms with Crippen molar-refractivity contribution in [2.45, 2.75) is 19.9 Å². The maximum absolute atomic E-state index is 12.7. The van der Waals surface area contributed by atoms with Gasteiger partial charge in [-0.3, -0.25) is 9.69 Å². The largest absolute Gasteiger partial charge is 0.497 e. The summed E-state index contributed by atoms with van der Waals surface area (Å²) in [5, 5.41) is 3.95. The van der Waals surface area contributed by atoms with Gasteiger partial charge in [-0.25, -0.2) is 0 Å². The Labute approximate surface area is 180 Å². The number of carbonyl (C=O) groups is 1. The van der Waals surface area contributed by atoms with Crippen LogP contribution in [0.3, 0.4) is 0 Å². The molecule has 0 bridgehead atoms. The number of hydrogen-bond donors (Lipinski definition) is 1. The fourth-order valence-electron chi connectivity index (χ4n) is 3.82. The second-order valence-corrected chi connectivity index (χ2v) is 8.51. The highest BCUT2D eigenvalue weighted by Crippen LogP contribution is 2.42. The Kier molecular flexibility index (Phi) is 6.22. The molecule has 30 heavy (non-hydrogen) atoms. The van der Waals surface area contributed by atoms with E-state index in [1.54, 1.807) is 30.6 Å². The molecule has 1 aliphatic rings. The van der Waals surface area contributed by atoms with Gasteiger partial charge in [-0.15, -0.1) is 11.3 Å². The number of nitrogens with one attached hydrogen (secondary N) is 1. The normalized spacial score (nSPS) is 15.7. The fourth-order valence-corrected chi connectivity index (χ4v) is 4.91. The molecule has 1 aliphatic heterocycles. The van der Waals surface area contributed by atoms with Crippen molar-refractivity contribution in [1.29, 1.82) is 0 Å². The SMILES string of the molecule is COc1ccc([C@@H](c2c(NC(=O)c3ccco3)sc(C)c2C)N2CCOCC2)cc1. The standard InChI is InChI=1S/C23H26N2O4S/c1-15-16(2)30-23(24-22(26)19-5-4-12-29-19)20(15)21(25-10-13-28-14-11-25)17-6-8-18(27-3)9-7-17/h4-9,12,21H,10-11,13-14H2,1-3H3,(H,24,26)/t21-/m0/s1. The Bertz CT molecular complexity index is 989. The lowest BCUT2D eigenvalue weighted by molar-refractivity contribution is 0.0240. The number of aryl methyl sites for hydroxylation is 1. The summed E-state index contributed by atoms with van der Waals surface area (Å²) in [6, 6.07) is 11.6. The molecule has 3 aromatic rings. The maximum Gasteiger partial charge on any atom is 0.291 e. The molecule has 0 radical (unpaired) electrons. The van der Waals surface area contributed by atoms with Gasteiger partial charge in [-0.2, -0.15) is 0 Å². The number of ether oxygens (including phenoxy) is 2. The molecule has 0 saturated carbocycles. The Morgan fingerprint density at radius 1 is 1.17 bits per heavy atom. The van der Waals surface area contributed by atoms with Crippen molar-refractivity contribution in [1.82, 2.24) is 4.90 Å². The highest BCUT2D eigenvalue weighted by atomic mass is 32.1. The van der Waals surface area contributed by atoms with Crippen LogP contribution in [0, 0.1) is 13.8 Å². The first kappa shape index (κ1) is 20.7. The van der Waals surface area contributed by atoms with Crippen LogP contribution in [0.25, 0.3) is 0 Å². The minimum Gasteiger partial charge on any atom is -0.497 e. The van der Waals surface area contributed by atoms with Gasteiger partial charge in [0.2, 0.25) is 0 Å². The molecular weight excluding hydrogens is 400 g/mol. The third kappa shape index (κ3) is 4.14. The van der Waals surface area contributed by atoms with Crippen molar-refractivity contribution in [2.24, 2.45) is 0 Å². The summed E-state index contributed by atoms with van der Waals surface area (Å²) >= 11 is 1.61.